The van der Waals surface area contributed by atoms with Crippen molar-refractivity contribution >= 4 is 33.7 Å². The van der Waals surface area contributed by atoms with E-state index < -0.39 is 23.3 Å². The Morgan fingerprint density at radius 2 is 1.93 bits per heavy atom. The molecular weight excluding hydrogens is 351 g/mol. The smallest absolute Gasteiger partial charge is 0.338 e. The number of aromatic nitrogens is 3. The molecule has 0 saturated heterocycles. The standard InChI is InChI=1S/C19H15FN4O3/c20-15-8-13-12-7-11(23-6-4-22-10-23)1-2-16(12)24(5-3-18(21)25)17(13)9-14(15)19(26)27/h1-2,4,6-10H,3,5H2,(H2,21,25)(H,26,27). The van der Waals surface area contributed by atoms with Gasteiger partial charge in [0.1, 0.15) is 5.82 Å². The molecule has 7 nitrogen and oxygen atoms in total. The van der Waals surface area contributed by atoms with Crippen molar-refractivity contribution in [3.05, 3.63) is 60.4 Å². The first kappa shape index (κ1) is 16.8. The molecule has 0 saturated carbocycles. The number of imidazole rings is 1. The molecule has 2 aromatic heterocycles. The highest BCUT2D eigenvalue weighted by Crippen LogP contribution is 2.32. The van der Waals surface area contributed by atoms with Crippen LogP contribution in [0, 0.1) is 5.82 Å². The summed E-state index contributed by atoms with van der Waals surface area (Å²) in [4.78, 5) is 26.6. The second-order valence-electron chi connectivity index (χ2n) is 6.19. The Morgan fingerprint density at radius 3 is 2.59 bits per heavy atom. The van der Waals surface area contributed by atoms with Crippen LogP contribution in [0.5, 0.6) is 0 Å². The van der Waals surface area contributed by atoms with E-state index in [1.54, 1.807) is 23.3 Å². The van der Waals surface area contributed by atoms with Crippen molar-refractivity contribution in [2.75, 3.05) is 0 Å². The van der Waals surface area contributed by atoms with Crippen molar-refractivity contribution < 1.29 is 19.1 Å². The molecule has 1 amide bonds. The minimum atomic E-state index is -1.35. The molecule has 0 fully saturated rings. The molecule has 4 aromatic rings. The van der Waals surface area contributed by atoms with Crippen molar-refractivity contribution in [2.24, 2.45) is 5.73 Å². The summed E-state index contributed by atoms with van der Waals surface area (Å²) < 4.78 is 17.9. The number of rotatable bonds is 5. The van der Waals surface area contributed by atoms with E-state index in [1.165, 1.54) is 12.1 Å². The molecule has 27 heavy (non-hydrogen) atoms. The average Bonchev–Trinajstić information content (AvgIpc) is 3.25. The van der Waals surface area contributed by atoms with Crippen LogP contribution < -0.4 is 5.73 Å². The summed E-state index contributed by atoms with van der Waals surface area (Å²) in [7, 11) is 0. The highest BCUT2D eigenvalue weighted by Gasteiger charge is 2.18. The number of fused-ring (bicyclic) bond motifs is 3. The predicted octanol–water partition coefficient (Wildman–Crippen LogP) is 2.69. The summed E-state index contributed by atoms with van der Waals surface area (Å²) in [6.45, 7) is 0.268. The third-order valence-corrected chi connectivity index (χ3v) is 4.55. The maximum absolute atomic E-state index is 14.3. The van der Waals surface area contributed by atoms with Crippen molar-refractivity contribution in [3.63, 3.8) is 0 Å². The van der Waals surface area contributed by atoms with Crippen molar-refractivity contribution in [2.45, 2.75) is 13.0 Å². The second kappa shape index (κ2) is 6.24. The number of primary amides is 1. The van der Waals surface area contributed by atoms with Crippen LogP contribution in [-0.2, 0) is 11.3 Å². The van der Waals surface area contributed by atoms with Gasteiger partial charge in [-0.25, -0.2) is 14.2 Å². The first-order valence-electron chi connectivity index (χ1n) is 8.21. The van der Waals surface area contributed by atoms with Gasteiger partial charge in [-0.05, 0) is 30.3 Å². The summed E-state index contributed by atoms with van der Waals surface area (Å²) in [5, 5.41) is 10.6. The lowest BCUT2D eigenvalue weighted by Gasteiger charge is -2.07. The van der Waals surface area contributed by atoms with Gasteiger partial charge in [0.05, 0.1) is 17.4 Å². The van der Waals surface area contributed by atoms with Crippen LogP contribution in [0.4, 0.5) is 4.39 Å². The summed E-state index contributed by atoms with van der Waals surface area (Å²) in [6, 6.07) is 8.12. The van der Waals surface area contributed by atoms with Gasteiger partial charge in [0.25, 0.3) is 0 Å². The molecule has 0 atom stereocenters. The molecule has 8 heteroatoms. The van der Waals surface area contributed by atoms with Crippen LogP contribution in [0.1, 0.15) is 16.8 Å². The zero-order valence-electron chi connectivity index (χ0n) is 14.1. The van der Waals surface area contributed by atoms with Gasteiger partial charge < -0.3 is 20.0 Å². The Hall–Kier alpha value is -3.68. The Balaban J connectivity index is 2.02. The minimum absolute atomic E-state index is 0.0853. The summed E-state index contributed by atoms with van der Waals surface area (Å²) in [5.74, 6) is -2.63. The van der Waals surface area contributed by atoms with E-state index in [0.29, 0.717) is 10.9 Å². The Labute approximate surface area is 152 Å². The van der Waals surface area contributed by atoms with Gasteiger partial charge in [-0.3, -0.25) is 4.79 Å². The number of carbonyl (C=O) groups excluding carboxylic acids is 1. The molecule has 0 aliphatic heterocycles. The number of nitrogens with zero attached hydrogens (tertiary/aromatic N) is 3. The Morgan fingerprint density at radius 1 is 1.15 bits per heavy atom. The lowest BCUT2D eigenvalue weighted by atomic mass is 10.1. The van der Waals surface area contributed by atoms with Crippen LogP contribution >= 0.6 is 0 Å². The van der Waals surface area contributed by atoms with Gasteiger partial charge in [0, 0.05) is 47.3 Å². The number of nitrogens with two attached hydrogens (primary N) is 1. The highest BCUT2D eigenvalue weighted by atomic mass is 19.1. The zero-order valence-corrected chi connectivity index (χ0v) is 14.1. The molecule has 0 spiro atoms. The first-order valence-corrected chi connectivity index (χ1v) is 8.21. The SMILES string of the molecule is NC(=O)CCn1c2ccc(-n3ccnc3)cc2c2cc(F)c(C(=O)O)cc21. The van der Waals surface area contributed by atoms with E-state index in [4.69, 9.17) is 5.73 Å². The highest BCUT2D eigenvalue weighted by molar-refractivity contribution is 6.10. The van der Waals surface area contributed by atoms with Gasteiger partial charge in [-0.15, -0.1) is 0 Å². The number of carboxylic acids is 1. The predicted molar refractivity (Wildman–Crippen MR) is 97.3 cm³/mol. The van der Waals surface area contributed by atoms with Crippen molar-refractivity contribution in [1.29, 1.82) is 0 Å². The normalized spacial score (nSPS) is 11.3. The number of halogens is 1. The largest absolute Gasteiger partial charge is 0.478 e. The van der Waals surface area contributed by atoms with Crippen LogP contribution in [0.25, 0.3) is 27.5 Å². The molecule has 2 heterocycles. The molecular formula is C19H15FN4O3. The number of benzene rings is 2. The number of amides is 1. The number of hydrogen-bond acceptors (Lipinski definition) is 3. The number of aryl methyl sites for hydroxylation is 1. The fourth-order valence-corrected chi connectivity index (χ4v) is 3.31. The quantitative estimate of drug-likeness (QED) is 0.567. The van der Waals surface area contributed by atoms with E-state index in [9.17, 15) is 19.1 Å². The number of aromatic carboxylic acids is 1. The molecule has 2 aromatic carbocycles. The van der Waals surface area contributed by atoms with E-state index in [2.05, 4.69) is 4.98 Å². The summed E-state index contributed by atoms with van der Waals surface area (Å²) >= 11 is 0. The van der Waals surface area contributed by atoms with Gasteiger partial charge in [0.15, 0.2) is 0 Å². The third kappa shape index (κ3) is 2.80. The van der Waals surface area contributed by atoms with Gasteiger partial charge in [-0.1, -0.05) is 0 Å². The van der Waals surface area contributed by atoms with Crippen LogP contribution in [0.15, 0.2) is 49.1 Å². The number of carbonyl (C=O) groups is 2. The van der Waals surface area contributed by atoms with Gasteiger partial charge in [-0.2, -0.15) is 0 Å². The average molecular weight is 366 g/mol. The van der Waals surface area contributed by atoms with E-state index >= 15 is 0 Å². The second-order valence-corrected chi connectivity index (χ2v) is 6.19. The molecule has 136 valence electrons. The first-order chi connectivity index (χ1) is 13.0. The monoisotopic (exact) mass is 366 g/mol. The lowest BCUT2D eigenvalue weighted by Crippen LogP contribution is -2.14. The summed E-state index contributed by atoms with van der Waals surface area (Å²) in [5.41, 5.74) is 6.98. The topological polar surface area (TPSA) is 103 Å². The zero-order chi connectivity index (χ0) is 19.1. The third-order valence-electron chi connectivity index (χ3n) is 4.55. The maximum atomic E-state index is 14.3. The minimum Gasteiger partial charge on any atom is -0.478 e. The fourth-order valence-electron chi connectivity index (χ4n) is 3.31. The van der Waals surface area contributed by atoms with Gasteiger partial charge in [0.2, 0.25) is 5.91 Å². The fraction of sp³-hybridized carbons (Fsp3) is 0.105. The molecule has 3 N–H and O–H groups in total. The summed E-state index contributed by atoms with van der Waals surface area (Å²) in [6.07, 6.45) is 5.17. The Kier molecular flexibility index (Phi) is 3.88. The van der Waals surface area contributed by atoms with Crippen molar-refractivity contribution in [3.8, 4) is 5.69 Å². The molecule has 4 rings (SSSR count). The van der Waals surface area contributed by atoms with E-state index in [0.717, 1.165) is 16.6 Å². The van der Waals surface area contributed by atoms with Crippen molar-refractivity contribution in [1.82, 2.24) is 14.1 Å². The molecule has 0 aliphatic carbocycles. The molecule has 0 bridgehead atoms. The van der Waals surface area contributed by atoms with E-state index in [-0.39, 0.29) is 13.0 Å². The van der Waals surface area contributed by atoms with Crippen LogP contribution in [0.2, 0.25) is 0 Å². The van der Waals surface area contributed by atoms with E-state index in [1.807, 2.05) is 22.8 Å². The molecule has 0 unspecified atom stereocenters. The number of hydrogen-bond donors (Lipinski definition) is 2. The molecule has 0 radical (unpaired) electrons. The van der Waals surface area contributed by atoms with Crippen LogP contribution in [0.3, 0.4) is 0 Å². The number of carboxylic acid groups (broad SMARTS) is 1. The lowest BCUT2D eigenvalue weighted by molar-refractivity contribution is -0.118. The van der Waals surface area contributed by atoms with Gasteiger partial charge >= 0.3 is 5.97 Å². The van der Waals surface area contributed by atoms with Crippen LogP contribution in [-0.4, -0.2) is 31.1 Å². The molecule has 0 aliphatic rings. The Bertz CT molecular complexity index is 1200. The maximum Gasteiger partial charge on any atom is 0.338 e.